The molecule has 0 aliphatic carbocycles. The topological polar surface area (TPSA) is 124 Å². The minimum absolute atomic E-state index is 0.204. The molecule has 33 heavy (non-hydrogen) atoms. The average molecular weight is 452 g/mol. The first-order valence-corrected chi connectivity index (χ1v) is 10.4. The molecule has 1 aliphatic heterocycles. The molecule has 3 N–H and O–H groups in total. The van der Waals surface area contributed by atoms with Crippen molar-refractivity contribution >= 4 is 23.5 Å². The van der Waals surface area contributed by atoms with Gasteiger partial charge in [-0.2, -0.15) is 0 Å². The van der Waals surface area contributed by atoms with Crippen LogP contribution in [0.2, 0.25) is 0 Å². The number of nitrogens with zero attached hydrogens (tertiary/aromatic N) is 1. The van der Waals surface area contributed by atoms with Crippen molar-refractivity contribution in [2.45, 2.75) is 19.1 Å². The summed E-state index contributed by atoms with van der Waals surface area (Å²) in [4.78, 5) is 28.3. The Balaban J connectivity index is 1.31. The fraction of sp³-hybridized carbons (Fsp3) is 0.261. The van der Waals surface area contributed by atoms with E-state index in [0.29, 0.717) is 42.5 Å². The summed E-state index contributed by atoms with van der Waals surface area (Å²) in [5, 5.41) is 8.25. The minimum Gasteiger partial charge on any atom is -0.496 e. The van der Waals surface area contributed by atoms with Crippen LogP contribution in [0, 0.1) is 0 Å². The van der Waals surface area contributed by atoms with E-state index in [4.69, 9.17) is 18.6 Å². The van der Waals surface area contributed by atoms with E-state index in [2.05, 4.69) is 20.9 Å². The summed E-state index contributed by atoms with van der Waals surface area (Å²) >= 11 is 0. The summed E-state index contributed by atoms with van der Waals surface area (Å²) in [7, 11) is 1.54. The largest absolute Gasteiger partial charge is 0.496 e. The van der Waals surface area contributed by atoms with Crippen LogP contribution in [0.1, 0.15) is 12.0 Å². The molecule has 1 aliphatic rings. The van der Waals surface area contributed by atoms with Gasteiger partial charge in [-0.05, 0) is 29.8 Å². The normalized spacial score (nSPS) is 15.0. The Kier molecular flexibility index (Phi) is 7.06. The zero-order chi connectivity index (χ0) is 23.0. The van der Waals surface area contributed by atoms with Crippen molar-refractivity contribution in [3.8, 4) is 17.1 Å². The molecule has 0 bridgehead atoms. The van der Waals surface area contributed by atoms with Crippen molar-refractivity contribution in [3.05, 3.63) is 60.6 Å². The number of alkyl carbamates (subject to hydrolysis) is 1. The lowest BCUT2D eigenvalue weighted by Crippen LogP contribution is -2.28. The maximum absolute atomic E-state index is 12.5. The van der Waals surface area contributed by atoms with E-state index in [1.54, 1.807) is 42.6 Å². The number of rotatable bonds is 7. The monoisotopic (exact) mass is 452 g/mol. The molecular formula is C23H24N4O6. The van der Waals surface area contributed by atoms with Crippen molar-refractivity contribution in [2.24, 2.45) is 0 Å². The van der Waals surface area contributed by atoms with Gasteiger partial charge in [0, 0.05) is 30.4 Å². The number of benzene rings is 2. The SMILES string of the molecule is COc1cc(NC(=O)Nc2cccc(CNC(=O)O[C@@H]3CCOC3)c2)ccc1-c1cnco1. The Morgan fingerprint density at radius 1 is 1.15 bits per heavy atom. The second kappa shape index (κ2) is 10.5. The highest BCUT2D eigenvalue weighted by Crippen LogP contribution is 2.32. The van der Waals surface area contributed by atoms with Crippen LogP contribution in [0.4, 0.5) is 21.0 Å². The minimum atomic E-state index is -0.496. The van der Waals surface area contributed by atoms with Gasteiger partial charge >= 0.3 is 12.1 Å². The Hall–Kier alpha value is -4.05. The van der Waals surface area contributed by atoms with Crippen molar-refractivity contribution in [3.63, 3.8) is 0 Å². The van der Waals surface area contributed by atoms with E-state index in [9.17, 15) is 9.59 Å². The van der Waals surface area contributed by atoms with Crippen molar-refractivity contribution < 1.29 is 28.2 Å². The molecule has 10 heteroatoms. The first kappa shape index (κ1) is 22.2. The number of carbonyl (C=O) groups excluding carboxylic acids is 2. The molecule has 10 nitrogen and oxygen atoms in total. The number of anilines is 2. The number of hydrogen-bond donors (Lipinski definition) is 3. The Morgan fingerprint density at radius 2 is 2.00 bits per heavy atom. The lowest BCUT2D eigenvalue weighted by Gasteiger charge is -2.13. The molecule has 0 spiro atoms. The number of aromatic nitrogens is 1. The van der Waals surface area contributed by atoms with Gasteiger partial charge in [0.15, 0.2) is 12.2 Å². The molecule has 3 amide bonds. The van der Waals surface area contributed by atoms with Gasteiger partial charge in [0.1, 0.15) is 11.9 Å². The molecule has 4 rings (SSSR count). The highest BCUT2D eigenvalue weighted by atomic mass is 16.6. The zero-order valence-electron chi connectivity index (χ0n) is 18.0. The van der Waals surface area contributed by atoms with Crippen LogP contribution < -0.4 is 20.7 Å². The standard InChI is InChI=1S/C23H24N4O6/c1-30-20-10-17(5-6-19(20)21-12-24-14-32-21)27-22(28)26-16-4-2-3-15(9-16)11-25-23(29)33-18-7-8-31-13-18/h2-6,9-10,12,14,18H,7-8,11,13H2,1H3,(H,25,29)(H2,26,27,28)/t18-/m1/s1. The Morgan fingerprint density at radius 3 is 2.73 bits per heavy atom. The van der Waals surface area contributed by atoms with Crippen molar-refractivity contribution in [1.82, 2.24) is 10.3 Å². The lowest BCUT2D eigenvalue weighted by molar-refractivity contribution is 0.0828. The van der Waals surface area contributed by atoms with Gasteiger partial charge in [0.05, 0.1) is 32.1 Å². The summed E-state index contributed by atoms with van der Waals surface area (Å²) < 4.78 is 21.2. The molecular weight excluding hydrogens is 428 g/mol. The molecule has 2 heterocycles. The fourth-order valence-electron chi connectivity index (χ4n) is 3.35. The third kappa shape index (κ3) is 6.01. The molecule has 0 radical (unpaired) electrons. The first-order chi connectivity index (χ1) is 16.1. The summed E-state index contributed by atoms with van der Waals surface area (Å²) in [5.41, 5.74) is 2.66. The van der Waals surface area contributed by atoms with E-state index >= 15 is 0 Å². The molecule has 1 atom stereocenters. The van der Waals surface area contributed by atoms with Crippen molar-refractivity contribution in [1.29, 1.82) is 0 Å². The predicted molar refractivity (Wildman–Crippen MR) is 120 cm³/mol. The van der Waals surface area contributed by atoms with Gasteiger partial charge in [-0.1, -0.05) is 12.1 Å². The quantitative estimate of drug-likeness (QED) is 0.495. The van der Waals surface area contributed by atoms with E-state index in [1.165, 1.54) is 13.5 Å². The van der Waals surface area contributed by atoms with Crippen LogP contribution in [0.15, 0.2) is 59.5 Å². The highest BCUT2D eigenvalue weighted by Gasteiger charge is 2.19. The van der Waals surface area contributed by atoms with Crippen LogP contribution in [0.5, 0.6) is 5.75 Å². The number of hydrogen-bond acceptors (Lipinski definition) is 7. The second-order valence-electron chi connectivity index (χ2n) is 7.30. The number of amides is 3. The van der Waals surface area contributed by atoms with Crippen LogP contribution in [-0.4, -0.2) is 43.5 Å². The van der Waals surface area contributed by atoms with Gasteiger partial charge in [-0.25, -0.2) is 14.6 Å². The number of oxazole rings is 1. The number of methoxy groups -OCH3 is 1. The zero-order valence-corrected chi connectivity index (χ0v) is 18.0. The van der Waals surface area contributed by atoms with E-state index in [0.717, 1.165) is 11.1 Å². The van der Waals surface area contributed by atoms with E-state index < -0.39 is 12.1 Å². The van der Waals surface area contributed by atoms with Gasteiger partial charge in [0.2, 0.25) is 0 Å². The predicted octanol–water partition coefficient (Wildman–Crippen LogP) is 4.01. The van der Waals surface area contributed by atoms with Gasteiger partial charge in [-0.15, -0.1) is 0 Å². The van der Waals surface area contributed by atoms with E-state index in [1.807, 2.05) is 6.07 Å². The Bertz CT molecular complexity index is 1100. The molecule has 172 valence electrons. The van der Waals surface area contributed by atoms with Gasteiger partial charge < -0.3 is 34.6 Å². The van der Waals surface area contributed by atoms with Crippen molar-refractivity contribution in [2.75, 3.05) is 31.0 Å². The maximum atomic E-state index is 12.5. The average Bonchev–Trinajstić information content (AvgIpc) is 3.52. The second-order valence-corrected chi connectivity index (χ2v) is 7.30. The summed E-state index contributed by atoms with van der Waals surface area (Å²) in [6.07, 6.45) is 2.93. The number of ether oxygens (including phenoxy) is 3. The molecule has 2 aromatic carbocycles. The van der Waals surface area contributed by atoms with Crippen LogP contribution in [0.25, 0.3) is 11.3 Å². The number of nitrogens with one attached hydrogen (secondary N) is 3. The molecule has 0 saturated carbocycles. The summed E-state index contributed by atoms with van der Waals surface area (Å²) in [6, 6.07) is 11.9. The fourth-order valence-corrected chi connectivity index (χ4v) is 3.35. The summed E-state index contributed by atoms with van der Waals surface area (Å²) in [6.45, 7) is 1.30. The Labute approximate surface area is 190 Å². The number of urea groups is 1. The maximum Gasteiger partial charge on any atom is 0.407 e. The van der Waals surface area contributed by atoms with Gasteiger partial charge in [0.25, 0.3) is 0 Å². The molecule has 1 saturated heterocycles. The lowest BCUT2D eigenvalue weighted by atomic mass is 10.1. The highest BCUT2D eigenvalue weighted by molar-refractivity contribution is 6.00. The third-order valence-corrected chi connectivity index (χ3v) is 4.94. The van der Waals surface area contributed by atoms with E-state index in [-0.39, 0.29) is 12.6 Å². The van der Waals surface area contributed by atoms with Gasteiger partial charge in [-0.3, -0.25) is 0 Å². The number of carbonyl (C=O) groups is 2. The first-order valence-electron chi connectivity index (χ1n) is 10.4. The van der Waals surface area contributed by atoms with Crippen LogP contribution in [-0.2, 0) is 16.0 Å². The van der Waals surface area contributed by atoms with Crippen LogP contribution >= 0.6 is 0 Å². The molecule has 1 fully saturated rings. The molecule has 0 unspecified atom stereocenters. The smallest absolute Gasteiger partial charge is 0.407 e. The molecule has 1 aromatic heterocycles. The van der Waals surface area contributed by atoms with Crippen LogP contribution in [0.3, 0.4) is 0 Å². The molecule has 3 aromatic rings. The third-order valence-electron chi connectivity index (χ3n) is 4.94. The summed E-state index contributed by atoms with van der Waals surface area (Å²) in [5.74, 6) is 1.10.